The molecule has 0 heterocycles. The summed E-state index contributed by atoms with van der Waals surface area (Å²) in [7, 11) is 3.08. The number of carboxylic acid groups (broad SMARTS) is 1. The van der Waals surface area contributed by atoms with E-state index in [1.54, 1.807) is 25.3 Å². The molecule has 0 saturated carbocycles. The number of aliphatic carboxylic acids is 1. The smallest absolute Gasteiger partial charge is 0.326 e. The number of carboxylic acids is 1. The molecule has 0 radical (unpaired) electrons. The van der Waals surface area contributed by atoms with Gasteiger partial charge in [0.05, 0.1) is 14.2 Å². The quantitative estimate of drug-likeness (QED) is 0.377. The second-order valence-electron chi connectivity index (χ2n) is 5.82. The van der Waals surface area contributed by atoms with Gasteiger partial charge in [-0.3, -0.25) is 4.79 Å². The fourth-order valence-electron chi connectivity index (χ4n) is 2.30. The Kier molecular flexibility index (Phi) is 9.74. The maximum absolute atomic E-state index is 12.2. The van der Waals surface area contributed by atoms with E-state index in [2.05, 4.69) is 10.6 Å². The summed E-state index contributed by atoms with van der Waals surface area (Å²) < 4.78 is 10.5. The van der Waals surface area contributed by atoms with E-state index in [4.69, 9.17) is 9.47 Å². The van der Waals surface area contributed by atoms with Crippen molar-refractivity contribution in [2.45, 2.75) is 25.4 Å². The van der Waals surface area contributed by atoms with E-state index in [0.717, 1.165) is 5.56 Å². The molecule has 0 aromatic heterocycles. The number of nitriles is 1. The van der Waals surface area contributed by atoms with E-state index in [1.807, 2.05) is 19.2 Å². The van der Waals surface area contributed by atoms with E-state index < -0.39 is 17.9 Å². The molecule has 3 N–H and O–H groups in total. The van der Waals surface area contributed by atoms with Crippen molar-refractivity contribution in [3.8, 4) is 17.6 Å². The number of hydrogen-bond acceptors (Lipinski definition) is 7. The Bertz CT molecular complexity index is 760. The molecular formula is C19H25N3O5S. The molecule has 8 nitrogen and oxygen atoms in total. The van der Waals surface area contributed by atoms with Crippen molar-refractivity contribution in [1.82, 2.24) is 10.6 Å². The third kappa shape index (κ3) is 6.70. The molecule has 1 rings (SSSR count). The first-order valence-corrected chi connectivity index (χ1v) is 9.88. The minimum atomic E-state index is -1.13. The first-order valence-electron chi connectivity index (χ1n) is 8.48. The Labute approximate surface area is 168 Å². The van der Waals surface area contributed by atoms with E-state index >= 15 is 0 Å². The molecule has 0 aliphatic heterocycles. The molecule has 28 heavy (non-hydrogen) atoms. The van der Waals surface area contributed by atoms with Crippen LogP contribution in [0.25, 0.3) is 0 Å². The Morgan fingerprint density at radius 2 is 2.00 bits per heavy atom. The average molecular weight is 407 g/mol. The minimum absolute atomic E-state index is 0.206. The van der Waals surface area contributed by atoms with Crippen molar-refractivity contribution in [3.05, 3.63) is 35.5 Å². The summed E-state index contributed by atoms with van der Waals surface area (Å²) >= 11 is 1.48. The summed E-state index contributed by atoms with van der Waals surface area (Å²) in [5, 5.41) is 23.8. The van der Waals surface area contributed by atoms with Crippen LogP contribution in [0.1, 0.15) is 24.9 Å². The number of thioether (sulfide) groups is 1. The third-order valence-corrected chi connectivity index (χ3v) is 4.61. The SMILES string of the molecule is COc1ccc(C(C)N/C=C(/C#N)C(=O)NC(CCSC)C(=O)O)cc1OC. The molecule has 0 aliphatic carbocycles. The number of nitrogens with one attached hydrogen (secondary N) is 2. The maximum Gasteiger partial charge on any atom is 0.326 e. The standard InChI is InChI=1S/C19H25N3O5S/c1-12(13-5-6-16(26-2)17(9-13)27-3)21-11-14(10-20)18(23)22-15(19(24)25)7-8-28-4/h5-6,9,11-12,15,21H,7-8H2,1-4H3,(H,22,23)(H,24,25)/b14-11-. The van der Waals surface area contributed by atoms with Gasteiger partial charge >= 0.3 is 5.97 Å². The molecule has 2 atom stereocenters. The largest absolute Gasteiger partial charge is 0.493 e. The second-order valence-corrected chi connectivity index (χ2v) is 6.80. The molecule has 1 aromatic carbocycles. The first-order chi connectivity index (χ1) is 13.4. The normalized spacial score (nSPS) is 13.0. The van der Waals surface area contributed by atoms with Crippen LogP contribution in [-0.2, 0) is 9.59 Å². The van der Waals surface area contributed by atoms with Gasteiger partial charge in [-0.1, -0.05) is 6.07 Å². The minimum Gasteiger partial charge on any atom is -0.493 e. The summed E-state index contributed by atoms with van der Waals surface area (Å²) in [5.41, 5.74) is 0.651. The number of rotatable bonds is 11. The molecule has 0 fully saturated rings. The van der Waals surface area contributed by atoms with Gasteiger partial charge in [0.25, 0.3) is 5.91 Å². The first kappa shape index (κ1) is 23.2. The zero-order chi connectivity index (χ0) is 21.1. The molecule has 1 amide bonds. The Hall–Kier alpha value is -2.86. The van der Waals surface area contributed by atoms with Gasteiger partial charge in [0, 0.05) is 12.2 Å². The number of nitrogens with zero attached hydrogens (tertiary/aromatic N) is 1. The van der Waals surface area contributed by atoms with Crippen molar-refractivity contribution in [1.29, 1.82) is 5.26 Å². The lowest BCUT2D eigenvalue weighted by Gasteiger charge is -2.16. The van der Waals surface area contributed by atoms with Crippen LogP contribution in [-0.4, -0.2) is 49.3 Å². The monoisotopic (exact) mass is 407 g/mol. The fourth-order valence-corrected chi connectivity index (χ4v) is 2.78. The molecule has 2 unspecified atom stereocenters. The predicted molar refractivity (Wildman–Crippen MR) is 107 cm³/mol. The number of carbonyl (C=O) groups excluding carboxylic acids is 1. The summed E-state index contributed by atoms with van der Waals surface area (Å²) in [6.45, 7) is 1.85. The lowest BCUT2D eigenvalue weighted by molar-refractivity contribution is -0.141. The van der Waals surface area contributed by atoms with Crippen LogP contribution in [0.15, 0.2) is 30.0 Å². The van der Waals surface area contributed by atoms with E-state index in [-0.39, 0.29) is 18.0 Å². The molecule has 1 aromatic rings. The summed E-state index contributed by atoms with van der Waals surface area (Å²) in [6, 6.07) is 5.91. The summed E-state index contributed by atoms with van der Waals surface area (Å²) in [6.07, 6.45) is 3.40. The highest BCUT2D eigenvalue weighted by Crippen LogP contribution is 2.29. The van der Waals surface area contributed by atoms with Gasteiger partial charge in [-0.2, -0.15) is 17.0 Å². The highest BCUT2D eigenvalue weighted by atomic mass is 32.2. The fraction of sp³-hybridized carbons (Fsp3) is 0.421. The van der Waals surface area contributed by atoms with E-state index in [1.165, 1.54) is 25.1 Å². The number of methoxy groups -OCH3 is 2. The van der Waals surface area contributed by atoms with E-state index in [0.29, 0.717) is 17.3 Å². The maximum atomic E-state index is 12.2. The van der Waals surface area contributed by atoms with Crippen molar-refractivity contribution >= 4 is 23.6 Å². The van der Waals surface area contributed by atoms with Crippen LogP contribution < -0.4 is 20.1 Å². The molecule has 0 bridgehead atoms. The highest BCUT2D eigenvalue weighted by Gasteiger charge is 2.21. The number of ether oxygens (including phenoxy) is 2. The Morgan fingerprint density at radius 3 is 2.54 bits per heavy atom. The predicted octanol–water partition coefficient (Wildman–Crippen LogP) is 2.08. The molecule has 152 valence electrons. The van der Waals surface area contributed by atoms with Crippen LogP contribution in [0.4, 0.5) is 0 Å². The molecule has 0 saturated heterocycles. The van der Waals surface area contributed by atoms with Crippen LogP contribution in [0.5, 0.6) is 11.5 Å². The molecule has 0 aliphatic rings. The Balaban J connectivity index is 2.85. The average Bonchev–Trinajstić information content (AvgIpc) is 2.70. The lowest BCUT2D eigenvalue weighted by atomic mass is 10.1. The Morgan fingerprint density at radius 1 is 1.32 bits per heavy atom. The van der Waals surface area contributed by atoms with Gasteiger partial charge in [-0.25, -0.2) is 4.79 Å². The number of carbonyl (C=O) groups is 2. The number of hydrogen-bond donors (Lipinski definition) is 3. The van der Waals surface area contributed by atoms with Gasteiger partial charge in [0.15, 0.2) is 11.5 Å². The van der Waals surface area contributed by atoms with Gasteiger partial charge < -0.3 is 25.2 Å². The highest BCUT2D eigenvalue weighted by molar-refractivity contribution is 7.98. The van der Waals surface area contributed by atoms with Crippen molar-refractivity contribution < 1.29 is 24.2 Å². The van der Waals surface area contributed by atoms with Crippen LogP contribution in [0.3, 0.4) is 0 Å². The number of amides is 1. The van der Waals surface area contributed by atoms with Crippen LogP contribution in [0, 0.1) is 11.3 Å². The topological polar surface area (TPSA) is 121 Å². The number of benzene rings is 1. The molecular weight excluding hydrogens is 382 g/mol. The van der Waals surface area contributed by atoms with Crippen LogP contribution >= 0.6 is 11.8 Å². The second kappa shape index (κ2) is 11.8. The van der Waals surface area contributed by atoms with Crippen molar-refractivity contribution in [2.75, 3.05) is 26.2 Å². The van der Waals surface area contributed by atoms with Gasteiger partial charge in [-0.15, -0.1) is 0 Å². The summed E-state index contributed by atoms with van der Waals surface area (Å²) in [4.78, 5) is 23.5. The molecule has 0 spiro atoms. The third-order valence-electron chi connectivity index (χ3n) is 3.96. The van der Waals surface area contributed by atoms with Gasteiger partial charge in [-0.05, 0) is 43.0 Å². The van der Waals surface area contributed by atoms with E-state index in [9.17, 15) is 20.0 Å². The van der Waals surface area contributed by atoms with Gasteiger partial charge in [0.1, 0.15) is 17.7 Å². The van der Waals surface area contributed by atoms with Crippen molar-refractivity contribution in [3.63, 3.8) is 0 Å². The molecule has 9 heteroatoms. The summed E-state index contributed by atoms with van der Waals surface area (Å²) in [5.74, 6) is -0.128. The van der Waals surface area contributed by atoms with Crippen LogP contribution in [0.2, 0.25) is 0 Å². The lowest BCUT2D eigenvalue weighted by Crippen LogP contribution is -2.42. The zero-order valence-electron chi connectivity index (χ0n) is 16.3. The van der Waals surface area contributed by atoms with Crippen molar-refractivity contribution in [2.24, 2.45) is 0 Å². The zero-order valence-corrected chi connectivity index (χ0v) is 17.1. The van der Waals surface area contributed by atoms with Gasteiger partial charge in [0.2, 0.25) is 0 Å².